The Morgan fingerprint density at radius 3 is 2.19 bits per heavy atom. The molecule has 0 radical (unpaired) electrons. The summed E-state index contributed by atoms with van der Waals surface area (Å²) in [6.45, 7) is -0.472. The predicted molar refractivity (Wildman–Crippen MR) is 121 cm³/mol. The smallest absolute Gasteiger partial charge is 0.324 e. The standard InChI is InChI=1S/C24H19N3O4S/c28-20(25-24-27-26-22(31-24)18-12-6-2-7-13-18)16-30-23(29)21(17-10-4-1-5-11-17)32-19-14-8-3-9-15-19/h1-15,21H,16H2,(H,25,27,28)/t21-/m1/s1. The lowest BCUT2D eigenvalue weighted by molar-refractivity contribution is -0.146. The monoisotopic (exact) mass is 445 g/mol. The van der Waals surface area contributed by atoms with E-state index in [-0.39, 0.29) is 11.9 Å². The van der Waals surface area contributed by atoms with Crippen molar-refractivity contribution in [1.29, 1.82) is 0 Å². The van der Waals surface area contributed by atoms with Gasteiger partial charge in [0.1, 0.15) is 5.25 Å². The first-order chi connectivity index (χ1) is 15.7. The Morgan fingerprint density at radius 1 is 0.875 bits per heavy atom. The van der Waals surface area contributed by atoms with Crippen molar-refractivity contribution < 1.29 is 18.7 Å². The van der Waals surface area contributed by atoms with Gasteiger partial charge in [-0.2, -0.15) is 0 Å². The summed E-state index contributed by atoms with van der Waals surface area (Å²) in [5.74, 6) is -0.810. The third-order valence-corrected chi connectivity index (χ3v) is 5.60. The first kappa shape index (κ1) is 21.3. The van der Waals surface area contributed by atoms with Crippen LogP contribution in [-0.2, 0) is 14.3 Å². The number of carbonyl (C=O) groups is 2. The number of hydrogen-bond acceptors (Lipinski definition) is 7. The summed E-state index contributed by atoms with van der Waals surface area (Å²) in [4.78, 5) is 26.0. The van der Waals surface area contributed by atoms with Gasteiger partial charge in [0.15, 0.2) is 6.61 Å². The van der Waals surface area contributed by atoms with Crippen LogP contribution in [-0.4, -0.2) is 28.7 Å². The molecule has 0 aliphatic rings. The largest absolute Gasteiger partial charge is 0.454 e. The highest BCUT2D eigenvalue weighted by Crippen LogP contribution is 2.36. The molecule has 0 aliphatic heterocycles. The van der Waals surface area contributed by atoms with Gasteiger partial charge in [-0.05, 0) is 29.8 Å². The van der Waals surface area contributed by atoms with Crippen molar-refractivity contribution in [3.05, 3.63) is 96.6 Å². The maximum atomic E-state index is 12.8. The lowest BCUT2D eigenvalue weighted by atomic mass is 10.1. The van der Waals surface area contributed by atoms with Crippen LogP contribution in [0, 0.1) is 0 Å². The minimum Gasteiger partial charge on any atom is -0.454 e. The highest BCUT2D eigenvalue weighted by molar-refractivity contribution is 8.00. The molecule has 1 amide bonds. The quantitative estimate of drug-likeness (QED) is 0.309. The molecular formula is C24H19N3O4S. The number of nitrogens with zero attached hydrogens (tertiary/aromatic N) is 2. The number of nitrogens with one attached hydrogen (secondary N) is 1. The molecule has 4 rings (SSSR count). The molecule has 32 heavy (non-hydrogen) atoms. The fourth-order valence-corrected chi connectivity index (χ4v) is 3.90. The van der Waals surface area contributed by atoms with Gasteiger partial charge < -0.3 is 9.15 Å². The van der Waals surface area contributed by atoms with Crippen LogP contribution in [0.4, 0.5) is 6.01 Å². The molecule has 0 fully saturated rings. The molecule has 0 saturated heterocycles. The lowest BCUT2D eigenvalue weighted by Gasteiger charge is -2.16. The van der Waals surface area contributed by atoms with Crippen LogP contribution in [0.25, 0.3) is 11.5 Å². The summed E-state index contributed by atoms with van der Waals surface area (Å²) in [6, 6.07) is 27.9. The molecule has 1 N–H and O–H groups in total. The average molecular weight is 446 g/mol. The first-order valence-electron chi connectivity index (χ1n) is 9.81. The summed E-state index contributed by atoms with van der Waals surface area (Å²) < 4.78 is 10.7. The van der Waals surface area contributed by atoms with E-state index in [2.05, 4.69) is 15.5 Å². The van der Waals surface area contributed by atoms with E-state index in [1.54, 1.807) is 0 Å². The highest BCUT2D eigenvalue weighted by Gasteiger charge is 2.24. The molecule has 4 aromatic rings. The van der Waals surface area contributed by atoms with E-state index >= 15 is 0 Å². The van der Waals surface area contributed by atoms with Gasteiger partial charge in [-0.1, -0.05) is 71.8 Å². The van der Waals surface area contributed by atoms with Crippen LogP contribution in [0.1, 0.15) is 10.8 Å². The molecule has 1 aromatic heterocycles. The second kappa shape index (κ2) is 10.4. The van der Waals surface area contributed by atoms with E-state index in [1.807, 2.05) is 91.0 Å². The number of rotatable bonds is 8. The van der Waals surface area contributed by atoms with E-state index in [0.29, 0.717) is 0 Å². The lowest BCUT2D eigenvalue weighted by Crippen LogP contribution is -2.23. The Labute approximate surface area is 188 Å². The van der Waals surface area contributed by atoms with Gasteiger partial charge in [0, 0.05) is 10.5 Å². The van der Waals surface area contributed by atoms with Crippen molar-refractivity contribution in [2.24, 2.45) is 0 Å². The highest BCUT2D eigenvalue weighted by atomic mass is 32.2. The van der Waals surface area contributed by atoms with Gasteiger partial charge in [-0.25, -0.2) is 0 Å². The second-order valence-electron chi connectivity index (χ2n) is 6.66. The number of ether oxygens (including phenoxy) is 1. The van der Waals surface area contributed by atoms with Crippen molar-refractivity contribution in [3.63, 3.8) is 0 Å². The van der Waals surface area contributed by atoms with Gasteiger partial charge >= 0.3 is 12.0 Å². The number of thioether (sulfide) groups is 1. The molecule has 0 spiro atoms. The normalized spacial score (nSPS) is 11.5. The summed E-state index contributed by atoms with van der Waals surface area (Å²) in [5, 5.41) is 9.55. The Hall–Kier alpha value is -3.91. The van der Waals surface area contributed by atoms with Crippen LogP contribution in [0.3, 0.4) is 0 Å². The molecule has 0 aliphatic carbocycles. The maximum Gasteiger partial charge on any atom is 0.324 e. The number of aromatic nitrogens is 2. The van der Waals surface area contributed by atoms with E-state index in [1.165, 1.54) is 11.8 Å². The van der Waals surface area contributed by atoms with Crippen molar-refractivity contribution in [3.8, 4) is 11.5 Å². The molecule has 8 heteroatoms. The minimum absolute atomic E-state index is 0.0665. The molecule has 1 atom stereocenters. The molecule has 1 heterocycles. The molecular weight excluding hydrogens is 426 g/mol. The summed E-state index contributed by atoms with van der Waals surface area (Å²) >= 11 is 1.36. The van der Waals surface area contributed by atoms with Gasteiger partial charge in [0.05, 0.1) is 0 Å². The molecule has 0 unspecified atom stereocenters. The average Bonchev–Trinajstić information content (AvgIpc) is 3.31. The SMILES string of the molecule is O=C(COC(=O)[C@H](Sc1ccccc1)c1ccccc1)Nc1nnc(-c2ccccc2)o1. The number of carbonyl (C=O) groups excluding carboxylic acids is 2. The van der Waals surface area contributed by atoms with Crippen LogP contribution in [0.15, 0.2) is 100 Å². The summed E-state index contributed by atoms with van der Waals surface area (Å²) in [7, 11) is 0. The number of amides is 1. The molecule has 0 bridgehead atoms. The van der Waals surface area contributed by atoms with Gasteiger partial charge in [0.2, 0.25) is 5.89 Å². The van der Waals surface area contributed by atoms with E-state index in [4.69, 9.17) is 9.15 Å². The minimum atomic E-state index is -0.612. The molecule has 160 valence electrons. The van der Waals surface area contributed by atoms with Crippen molar-refractivity contribution in [2.45, 2.75) is 10.1 Å². The Bertz CT molecular complexity index is 1170. The first-order valence-corrected chi connectivity index (χ1v) is 10.7. The maximum absolute atomic E-state index is 12.8. The number of hydrogen-bond donors (Lipinski definition) is 1. The molecule has 0 saturated carbocycles. The van der Waals surface area contributed by atoms with Crippen LogP contribution < -0.4 is 5.32 Å². The van der Waals surface area contributed by atoms with Crippen LogP contribution >= 0.6 is 11.8 Å². The zero-order valence-electron chi connectivity index (χ0n) is 16.9. The summed E-state index contributed by atoms with van der Waals surface area (Å²) in [6.07, 6.45) is 0. The van der Waals surface area contributed by atoms with Crippen LogP contribution in [0.2, 0.25) is 0 Å². The van der Waals surface area contributed by atoms with Gasteiger partial charge in [-0.15, -0.1) is 16.9 Å². The number of benzene rings is 3. The van der Waals surface area contributed by atoms with Gasteiger partial charge in [-0.3, -0.25) is 14.9 Å². The van der Waals surface area contributed by atoms with Crippen LogP contribution in [0.5, 0.6) is 0 Å². The van der Waals surface area contributed by atoms with E-state index < -0.39 is 23.7 Å². The van der Waals surface area contributed by atoms with Gasteiger partial charge in [0.25, 0.3) is 5.91 Å². The Balaban J connectivity index is 1.37. The van der Waals surface area contributed by atoms with Crippen molar-refractivity contribution >= 4 is 29.7 Å². The summed E-state index contributed by atoms with van der Waals surface area (Å²) in [5.41, 5.74) is 1.52. The Morgan fingerprint density at radius 2 is 1.50 bits per heavy atom. The van der Waals surface area contributed by atoms with E-state index in [0.717, 1.165) is 16.0 Å². The third kappa shape index (κ3) is 5.61. The van der Waals surface area contributed by atoms with Crippen molar-refractivity contribution in [2.75, 3.05) is 11.9 Å². The van der Waals surface area contributed by atoms with E-state index in [9.17, 15) is 9.59 Å². The van der Waals surface area contributed by atoms with Crippen molar-refractivity contribution in [1.82, 2.24) is 10.2 Å². The third-order valence-electron chi connectivity index (χ3n) is 4.35. The zero-order valence-corrected chi connectivity index (χ0v) is 17.7. The number of anilines is 1. The zero-order chi connectivity index (χ0) is 22.2. The fourth-order valence-electron chi connectivity index (χ4n) is 2.85. The number of esters is 1. The predicted octanol–water partition coefficient (Wildman–Crippen LogP) is 4.75. The fraction of sp³-hybridized carbons (Fsp3) is 0.0833. The second-order valence-corrected chi connectivity index (χ2v) is 7.83. The Kier molecular flexibility index (Phi) is 6.94. The molecule has 3 aromatic carbocycles. The molecule has 7 nitrogen and oxygen atoms in total. The topological polar surface area (TPSA) is 94.3 Å².